The van der Waals surface area contributed by atoms with Crippen LogP contribution < -0.4 is 5.32 Å². The van der Waals surface area contributed by atoms with Crippen molar-refractivity contribution < 1.29 is 9.90 Å². The van der Waals surface area contributed by atoms with Gasteiger partial charge < -0.3 is 10.4 Å². The number of rotatable bonds is 4. The van der Waals surface area contributed by atoms with Crippen LogP contribution in [0, 0.1) is 6.92 Å². The third-order valence-electron chi connectivity index (χ3n) is 4.03. The molecule has 5 nitrogen and oxygen atoms in total. The van der Waals surface area contributed by atoms with Gasteiger partial charge in [0.05, 0.1) is 17.9 Å². The molecular formula is C18H19N3O2. The lowest BCUT2D eigenvalue weighted by atomic mass is 10.1. The van der Waals surface area contributed by atoms with Gasteiger partial charge in [0.15, 0.2) is 0 Å². The Morgan fingerprint density at radius 2 is 2.00 bits per heavy atom. The fourth-order valence-corrected chi connectivity index (χ4v) is 2.85. The summed E-state index contributed by atoms with van der Waals surface area (Å²) in [6, 6.07) is 14.1. The molecule has 1 amide bonds. The number of hydrogen-bond acceptors (Lipinski definition) is 3. The minimum atomic E-state index is -0.513. The minimum Gasteiger partial charge on any atom is -0.387 e. The Kier molecular flexibility index (Phi) is 4.12. The Balaban J connectivity index is 2.03. The zero-order valence-corrected chi connectivity index (χ0v) is 13.2. The van der Waals surface area contributed by atoms with Crippen LogP contribution >= 0.6 is 0 Å². The average Bonchev–Trinajstić information content (AvgIpc) is 2.95. The standard InChI is InChI=1S/C18H19N3O2/c1-12(20-18(23)11-22)16-10-19-21(13(16)2)17-9-5-7-14-6-3-4-8-15(14)17/h3-10,12,22H,11H2,1-2H3,(H,20,23)/t12-/m1/s1. The van der Waals surface area contributed by atoms with E-state index in [1.807, 2.05) is 42.8 Å². The van der Waals surface area contributed by atoms with Crippen LogP contribution in [-0.2, 0) is 4.79 Å². The number of amides is 1. The van der Waals surface area contributed by atoms with Crippen LogP contribution in [0.1, 0.15) is 24.2 Å². The molecule has 0 unspecified atom stereocenters. The first kappa shape index (κ1) is 15.2. The second-order valence-electron chi connectivity index (χ2n) is 5.54. The van der Waals surface area contributed by atoms with E-state index in [4.69, 9.17) is 5.11 Å². The second-order valence-corrected chi connectivity index (χ2v) is 5.54. The summed E-state index contributed by atoms with van der Waals surface area (Å²) in [6.07, 6.45) is 1.76. The van der Waals surface area contributed by atoms with Crippen LogP contribution in [-0.4, -0.2) is 27.4 Å². The zero-order valence-electron chi connectivity index (χ0n) is 13.2. The van der Waals surface area contributed by atoms with Crippen molar-refractivity contribution in [1.82, 2.24) is 15.1 Å². The number of aliphatic hydroxyl groups is 1. The van der Waals surface area contributed by atoms with Gasteiger partial charge in [-0.25, -0.2) is 4.68 Å². The number of aromatic nitrogens is 2. The molecule has 3 rings (SSSR count). The first-order chi connectivity index (χ1) is 11.1. The largest absolute Gasteiger partial charge is 0.387 e. The smallest absolute Gasteiger partial charge is 0.246 e. The molecule has 0 radical (unpaired) electrons. The normalized spacial score (nSPS) is 12.3. The van der Waals surface area contributed by atoms with E-state index in [1.54, 1.807) is 6.20 Å². The van der Waals surface area contributed by atoms with Gasteiger partial charge in [-0.1, -0.05) is 36.4 Å². The highest BCUT2D eigenvalue weighted by Gasteiger charge is 2.16. The van der Waals surface area contributed by atoms with Gasteiger partial charge in [0.25, 0.3) is 0 Å². The molecule has 1 atom stereocenters. The van der Waals surface area contributed by atoms with Gasteiger partial charge in [0.2, 0.25) is 5.91 Å². The minimum absolute atomic E-state index is 0.210. The third kappa shape index (κ3) is 2.83. The zero-order chi connectivity index (χ0) is 16.4. The number of carbonyl (C=O) groups excluding carboxylic acids is 1. The topological polar surface area (TPSA) is 67.2 Å². The van der Waals surface area contributed by atoms with E-state index in [-0.39, 0.29) is 6.04 Å². The maximum absolute atomic E-state index is 11.4. The molecule has 2 N–H and O–H groups in total. The summed E-state index contributed by atoms with van der Waals surface area (Å²) in [5, 5.41) is 18.4. The fourth-order valence-electron chi connectivity index (χ4n) is 2.85. The van der Waals surface area contributed by atoms with Crippen molar-refractivity contribution in [3.63, 3.8) is 0 Å². The Labute approximate surface area is 134 Å². The highest BCUT2D eigenvalue weighted by Crippen LogP contribution is 2.25. The lowest BCUT2D eigenvalue weighted by Crippen LogP contribution is -2.29. The quantitative estimate of drug-likeness (QED) is 0.778. The molecule has 118 valence electrons. The van der Waals surface area contributed by atoms with Crippen LogP contribution in [0.25, 0.3) is 16.5 Å². The van der Waals surface area contributed by atoms with Crippen molar-refractivity contribution in [3.05, 3.63) is 59.9 Å². The van der Waals surface area contributed by atoms with Gasteiger partial charge >= 0.3 is 0 Å². The van der Waals surface area contributed by atoms with Crippen molar-refractivity contribution in [2.24, 2.45) is 0 Å². The average molecular weight is 309 g/mol. The van der Waals surface area contributed by atoms with E-state index in [9.17, 15) is 4.79 Å². The maximum Gasteiger partial charge on any atom is 0.246 e. The summed E-state index contributed by atoms with van der Waals surface area (Å²) in [4.78, 5) is 11.4. The molecule has 0 saturated heterocycles. The van der Waals surface area contributed by atoms with Crippen molar-refractivity contribution >= 4 is 16.7 Å². The summed E-state index contributed by atoms with van der Waals surface area (Å²) in [5.74, 6) is -0.394. The monoisotopic (exact) mass is 309 g/mol. The molecule has 0 spiro atoms. The van der Waals surface area contributed by atoms with Crippen molar-refractivity contribution in [3.8, 4) is 5.69 Å². The first-order valence-electron chi connectivity index (χ1n) is 7.54. The van der Waals surface area contributed by atoms with Gasteiger partial charge in [-0.3, -0.25) is 4.79 Å². The number of nitrogens with one attached hydrogen (secondary N) is 1. The first-order valence-corrected chi connectivity index (χ1v) is 7.54. The number of carbonyl (C=O) groups is 1. The number of nitrogens with zero attached hydrogens (tertiary/aromatic N) is 2. The van der Waals surface area contributed by atoms with E-state index in [2.05, 4.69) is 28.6 Å². The van der Waals surface area contributed by atoms with Gasteiger partial charge in [-0.05, 0) is 25.3 Å². The molecule has 0 fully saturated rings. The molecule has 0 aliphatic carbocycles. The number of fused-ring (bicyclic) bond motifs is 1. The molecule has 0 saturated carbocycles. The number of aliphatic hydroxyl groups excluding tert-OH is 1. The van der Waals surface area contributed by atoms with E-state index < -0.39 is 12.5 Å². The molecule has 0 aliphatic rings. The predicted octanol–water partition coefficient (Wildman–Crippen LogP) is 2.50. The molecule has 2 aromatic carbocycles. The Morgan fingerprint density at radius 3 is 2.78 bits per heavy atom. The van der Waals surface area contributed by atoms with Gasteiger partial charge in [-0.15, -0.1) is 0 Å². The SMILES string of the molecule is Cc1c([C@@H](C)NC(=O)CO)cnn1-c1cccc2ccccc12. The van der Waals surface area contributed by atoms with Crippen LogP contribution in [0.4, 0.5) is 0 Å². The molecule has 3 aromatic rings. The summed E-state index contributed by atoms with van der Waals surface area (Å²) < 4.78 is 1.89. The number of benzene rings is 2. The molecule has 1 heterocycles. The van der Waals surface area contributed by atoms with E-state index in [0.717, 1.165) is 27.7 Å². The van der Waals surface area contributed by atoms with Gasteiger partial charge in [-0.2, -0.15) is 5.10 Å². The van der Waals surface area contributed by atoms with Crippen molar-refractivity contribution in [1.29, 1.82) is 0 Å². The van der Waals surface area contributed by atoms with Gasteiger partial charge in [0, 0.05) is 16.6 Å². The summed E-state index contributed by atoms with van der Waals surface area (Å²) >= 11 is 0. The molecular weight excluding hydrogens is 290 g/mol. The van der Waals surface area contributed by atoms with Crippen molar-refractivity contribution in [2.45, 2.75) is 19.9 Å². The van der Waals surface area contributed by atoms with Crippen LogP contribution in [0.5, 0.6) is 0 Å². The summed E-state index contributed by atoms with van der Waals surface area (Å²) in [7, 11) is 0. The summed E-state index contributed by atoms with van der Waals surface area (Å²) in [6.45, 7) is 3.34. The van der Waals surface area contributed by atoms with Crippen molar-refractivity contribution in [2.75, 3.05) is 6.61 Å². The fraction of sp³-hybridized carbons (Fsp3) is 0.222. The van der Waals surface area contributed by atoms with E-state index in [1.165, 1.54) is 0 Å². The second kappa shape index (κ2) is 6.22. The van der Waals surface area contributed by atoms with Crippen LogP contribution in [0.2, 0.25) is 0 Å². The molecule has 1 aromatic heterocycles. The Morgan fingerprint density at radius 1 is 1.26 bits per heavy atom. The highest BCUT2D eigenvalue weighted by molar-refractivity contribution is 5.90. The Hall–Kier alpha value is -2.66. The van der Waals surface area contributed by atoms with Gasteiger partial charge in [0.1, 0.15) is 6.61 Å². The molecule has 5 heteroatoms. The van der Waals surface area contributed by atoms with Crippen LogP contribution in [0.15, 0.2) is 48.7 Å². The summed E-state index contributed by atoms with van der Waals surface area (Å²) in [5.41, 5.74) is 2.90. The maximum atomic E-state index is 11.4. The highest BCUT2D eigenvalue weighted by atomic mass is 16.3. The molecule has 0 aliphatic heterocycles. The van der Waals surface area contributed by atoms with Crippen LogP contribution in [0.3, 0.4) is 0 Å². The Bertz CT molecular complexity index is 849. The number of hydrogen-bond donors (Lipinski definition) is 2. The molecule has 23 heavy (non-hydrogen) atoms. The third-order valence-corrected chi connectivity index (χ3v) is 4.03. The predicted molar refractivity (Wildman–Crippen MR) is 89.5 cm³/mol. The lowest BCUT2D eigenvalue weighted by molar-refractivity contribution is -0.124. The van der Waals surface area contributed by atoms with E-state index >= 15 is 0 Å². The lowest BCUT2D eigenvalue weighted by Gasteiger charge is -2.14. The molecule has 0 bridgehead atoms. The van der Waals surface area contributed by atoms with E-state index in [0.29, 0.717) is 0 Å².